The first-order chi connectivity index (χ1) is 8.50. The predicted octanol–water partition coefficient (Wildman–Crippen LogP) is 1.73. The molecule has 0 spiro atoms. The first kappa shape index (κ1) is 15.6. The van der Waals surface area contributed by atoms with Crippen LogP contribution in [0.5, 0.6) is 0 Å². The highest BCUT2D eigenvalue weighted by Crippen LogP contribution is 2.14. The molecule has 0 aromatic heterocycles. The van der Waals surface area contributed by atoms with Crippen LogP contribution in [0.15, 0.2) is 0 Å². The highest BCUT2D eigenvalue weighted by molar-refractivity contribution is 5.81. The van der Waals surface area contributed by atoms with Crippen molar-refractivity contribution in [1.29, 1.82) is 0 Å². The van der Waals surface area contributed by atoms with E-state index in [2.05, 4.69) is 18.7 Å². The average Bonchev–Trinajstić information content (AvgIpc) is 2.23. The normalized spacial score (nSPS) is 17.4. The Labute approximate surface area is 111 Å². The molecule has 1 aliphatic heterocycles. The SMILES string of the molecule is CC(C)C(=O)COCCCOC1CN(C(C)C)C1. The van der Waals surface area contributed by atoms with Gasteiger partial charge < -0.3 is 9.47 Å². The maximum atomic E-state index is 11.3. The van der Waals surface area contributed by atoms with Gasteiger partial charge in [0.25, 0.3) is 0 Å². The fourth-order valence-electron chi connectivity index (χ4n) is 1.75. The molecule has 106 valence electrons. The minimum atomic E-state index is 0.0678. The fourth-order valence-corrected chi connectivity index (χ4v) is 1.75. The molecule has 0 atom stereocenters. The number of ketones is 1. The molecular weight excluding hydrogens is 230 g/mol. The van der Waals surface area contributed by atoms with Gasteiger partial charge in [-0.15, -0.1) is 0 Å². The van der Waals surface area contributed by atoms with E-state index < -0.39 is 0 Å². The van der Waals surface area contributed by atoms with Crippen LogP contribution >= 0.6 is 0 Å². The molecule has 1 rings (SSSR count). The zero-order valence-electron chi connectivity index (χ0n) is 12.1. The minimum Gasteiger partial charge on any atom is -0.375 e. The quantitative estimate of drug-likeness (QED) is 0.590. The standard InChI is InChI=1S/C14H27NO3/c1-11(2)14(16)10-17-6-5-7-18-13-8-15(9-13)12(3)4/h11-13H,5-10H2,1-4H3. The van der Waals surface area contributed by atoms with Crippen molar-refractivity contribution >= 4 is 5.78 Å². The second kappa shape index (κ2) is 7.87. The van der Waals surface area contributed by atoms with Crippen LogP contribution in [0.3, 0.4) is 0 Å². The second-order valence-corrected chi connectivity index (χ2v) is 5.57. The third kappa shape index (κ3) is 5.46. The molecule has 4 nitrogen and oxygen atoms in total. The molecule has 18 heavy (non-hydrogen) atoms. The number of rotatable bonds is 9. The van der Waals surface area contributed by atoms with Crippen molar-refractivity contribution in [3.63, 3.8) is 0 Å². The van der Waals surface area contributed by atoms with Gasteiger partial charge in [0.1, 0.15) is 6.61 Å². The van der Waals surface area contributed by atoms with Gasteiger partial charge in [-0.25, -0.2) is 0 Å². The Hall–Kier alpha value is -0.450. The number of carbonyl (C=O) groups excluding carboxylic acids is 1. The summed E-state index contributed by atoms with van der Waals surface area (Å²) in [6.07, 6.45) is 1.26. The van der Waals surface area contributed by atoms with Crippen LogP contribution in [0.25, 0.3) is 0 Å². The molecule has 0 N–H and O–H groups in total. The van der Waals surface area contributed by atoms with E-state index in [1.165, 1.54) is 0 Å². The molecule has 1 aliphatic rings. The number of likely N-dealkylation sites (tertiary alicyclic amines) is 1. The Balaban J connectivity index is 1.87. The third-order valence-electron chi connectivity index (χ3n) is 3.28. The summed E-state index contributed by atoms with van der Waals surface area (Å²) in [5, 5.41) is 0. The molecule has 1 saturated heterocycles. The fraction of sp³-hybridized carbons (Fsp3) is 0.929. The lowest BCUT2D eigenvalue weighted by Crippen LogP contribution is -2.55. The van der Waals surface area contributed by atoms with E-state index >= 15 is 0 Å². The zero-order chi connectivity index (χ0) is 13.5. The Morgan fingerprint density at radius 1 is 1.22 bits per heavy atom. The van der Waals surface area contributed by atoms with Crippen LogP contribution in [-0.2, 0) is 14.3 Å². The summed E-state index contributed by atoms with van der Waals surface area (Å²) in [5.41, 5.74) is 0. The maximum Gasteiger partial charge on any atom is 0.160 e. The summed E-state index contributed by atoms with van der Waals surface area (Å²) in [7, 11) is 0. The molecule has 1 heterocycles. The monoisotopic (exact) mass is 257 g/mol. The second-order valence-electron chi connectivity index (χ2n) is 5.57. The van der Waals surface area contributed by atoms with Crippen molar-refractivity contribution in [3.8, 4) is 0 Å². The molecule has 0 saturated carbocycles. The summed E-state index contributed by atoms with van der Waals surface area (Å²) in [4.78, 5) is 13.7. The van der Waals surface area contributed by atoms with Gasteiger partial charge in [-0.3, -0.25) is 9.69 Å². The molecule has 0 amide bonds. The van der Waals surface area contributed by atoms with E-state index in [9.17, 15) is 4.79 Å². The molecule has 0 aliphatic carbocycles. The van der Waals surface area contributed by atoms with Crippen molar-refractivity contribution in [2.45, 2.75) is 46.3 Å². The Morgan fingerprint density at radius 2 is 1.89 bits per heavy atom. The highest BCUT2D eigenvalue weighted by atomic mass is 16.5. The highest BCUT2D eigenvalue weighted by Gasteiger charge is 2.28. The summed E-state index contributed by atoms with van der Waals surface area (Å²) in [6.45, 7) is 11.9. The van der Waals surface area contributed by atoms with E-state index in [1.54, 1.807) is 0 Å². The van der Waals surface area contributed by atoms with Crippen LogP contribution < -0.4 is 0 Å². The van der Waals surface area contributed by atoms with E-state index in [1.807, 2.05) is 13.8 Å². The molecule has 0 aromatic carbocycles. The topological polar surface area (TPSA) is 38.8 Å². The van der Waals surface area contributed by atoms with Crippen LogP contribution in [0, 0.1) is 5.92 Å². The molecular formula is C14H27NO3. The van der Waals surface area contributed by atoms with Crippen LogP contribution in [0.2, 0.25) is 0 Å². The molecule has 0 unspecified atom stereocenters. The lowest BCUT2D eigenvalue weighted by atomic mass is 10.1. The van der Waals surface area contributed by atoms with Crippen molar-refractivity contribution in [2.75, 3.05) is 32.9 Å². The minimum absolute atomic E-state index is 0.0678. The Kier molecular flexibility index (Phi) is 6.82. The summed E-state index contributed by atoms with van der Waals surface area (Å²) < 4.78 is 11.0. The number of hydrogen-bond donors (Lipinski definition) is 0. The number of ether oxygens (including phenoxy) is 2. The van der Waals surface area contributed by atoms with Gasteiger partial charge in [0.15, 0.2) is 5.78 Å². The first-order valence-electron chi connectivity index (χ1n) is 6.96. The van der Waals surface area contributed by atoms with Crippen molar-refractivity contribution < 1.29 is 14.3 Å². The molecule has 0 radical (unpaired) electrons. The van der Waals surface area contributed by atoms with Gasteiger partial charge >= 0.3 is 0 Å². The zero-order valence-corrected chi connectivity index (χ0v) is 12.1. The largest absolute Gasteiger partial charge is 0.375 e. The number of carbonyl (C=O) groups is 1. The van der Waals surface area contributed by atoms with Crippen molar-refractivity contribution in [1.82, 2.24) is 4.90 Å². The molecule has 0 bridgehead atoms. The van der Waals surface area contributed by atoms with Crippen LogP contribution in [0.1, 0.15) is 34.1 Å². The van der Waals surface area contributed by atoms with E-state index in [4.69, 9.17) is 9.47 Å². The molecule has 4 heteroatoms. The van der Waals surface area contributed by atoms with E-state index in [-0.39, 0.29) is 18.3 Å². The number of hydrogen-bond acceptors (Lipinski definition) is 4. The lowest BCUT2D eigenvalue weighted by Gasteiger charge is -2.41. The van der Waals surface area contributed by atoms with Gasteiger partial charge in [0.05, 0.1) is 6.10 Å². The van der Waals surface area contributed by atoms with Gasteiger partial charge in [0, 0.05) is 38.3 Å². The number of nitrogens with zero attached hydrogens (tertiary/aromatic N) is 1. The Morgan fingerprint density at radius 3 is 2.44 bits per heavy atom. The summed E-state index contributed by atoms with van der Waals surface area (Å²) >= 11 is 0. The smallest absolute Gasteiger partial charge is 0.160 e. The maximum absolute atomic E-state index is 11.3. The van der Waals surface area contributed by atoms with Gasteiger partial charge in [-0.1, -0.05) is 13.8 Å². The summed E-state index contributed by atoms with van der Waals surface area (Å²) in [6, 6.07) is 0.621. The van der Waals surface area contributed by atoms with Crippen LogP contribution in [-0.4, -0.2) is 55.7 Å². The Bertz CT molecular complexity index is 247. The predicted molar refractivity (Wildman–Crippen MR) is 71.7 cm³/mol. The van der Waals surface area contributed by atoms with E-state index in [0.29, 0.717) is 18.8 Å². The van der Waals surface area contributed by atoms with E-state index in [0.717, 1.165) is 26.1 Å². The number of Topliss-reactive ketones (excluding diaryl/α,β-unsaturated/α-hetero) is 1. The molecule has 0 aromatic rings. The van der Waals surface area contributed by atoms with Gasteiger partial charge in [0.2, 0.25) is 0 Å². The summed E-state index contributed by atoms with van der Waals surface area (Å²) in [5.74, 6) is 0.237. The third-order valence-corrected chi connectivity index (χ3v) is 3.28. The molecule has 1 fully saturated rings. The average molecular weight is 257 g/mol. The first-order valence-corrected chi connectivity index (χ1v) is 6.96. The van der Waals surface area contributed by atoms with Crippen LogP contribution in [0.4, 0.5) is 0 Å². The van der Waals surface area contributed by atoms with Gasteiger partial charge in [-0.2, -0.15) is 0 Å². The van der Waals surface area contributed by atoms with Gasteiger partial charge in [-0.05, 0) is 20.3 Å². The van der Waals surface area contributed by atoms with Crippen molar-refractivity contribution in [2.24, 2.45) is 5.92 Å². The van der Waals surface area contributed by atoms with Crippen molar-refractivity contribution in [3.05, 3.63) is 0 Å². The lowest BCUT2D eigenvalue weighted by molar-refractivity contribution is -0.126.